The van der Waals surface area contributed by atoms with Gasteiger partial charge in [-0.05, 0) is 17.5 Å². The van der Waals surface area contributed by atoms with Crippen molar-refractivity contribution in [2.75, 3.05) is 0 Å². The third-order valence-corrected chi connectivity index (χ3v) is 2.33. The number of hydrogen-bond acceptors (Lipinski definition) is 3. The van der Waals surface area contributed by atoms with Crippen LogP contribution in [-0.2, 0) is 4.79 Å². The molecule has 2 N–H and O–H groups in total. The minimum atomic E-state index is -0.748. The molecule has 0 fully saturated rings. The number of rotatable bonds is 2. The van der Waals surface area contributed by atoms with Crippen LogP contribution in [0.1, 0.15) is 5.69 Å². The number of amides is 1. The molecule has 0 aliphatic rings. The summed E-state index contributed by atoms with van der Waals surface area (Å²) >= 11 is 0. The van der Waals surface area contributed by atoms with Gasteiger partial charge in [0.05, 0.1) is 5.69 Å². The molecule has 0 unspecified atom stereocenters. The highest BCUT2D eigenvalue weighted by molar-refractivity contribution is 6.00. The van der Waals surface area contributed by atoms with Crippen LogP contribution in [0.25, 0.3) is 16.8 Å². The Hall–Kier alpha value is -2.67. The number of nitrogens with two attached hydrogens (primary N) is 1. The number of aromatic nitrogens is 1. The van der Waals surface area contributed by atoms with Crippen molar-refractivity contribution in [1.29, 1.82) is 5.26 Å². The molecular formula is C13H9N3O. The van der Waals surface area contributed by atoms with Crippen molar-refractivity contribution < 1.29 is 4.79 Å². The summed E-state index contributed by atoms with van der Waals surface area (Å²) in [4.78, 5) is 15.0. The molecule has 0 saturated heterocycles. The van der Waals surface area contributed by atoms with Gasteiger partial charge in [-0.1, -0.05) is 24.3 Å². The lowest BCUT2D eigenvalue weighted by Crippen LogP contribution is -2.12. The van der Waals surface area contributed by atoms with Gasteiger partial charge in [-0.2, -0.15) is 5.26 Å². The molecule has 0 aliphatic carbocycles. The fraction of sp³-hybridized carbons (Fsp3) is 0. The summed E-state index contributed by atoms with van der Waals surface area (Å²) in [5.41, 5.74) is 5.49. The van der Waals surface area contributed by atoms with Crippen LogP contribution < -0.4 is 5.73 Å². The van der Waals surface area contributed by atoms with E-state index in [0.29, 0.717) is 5.69 Å². The topological polar surface area (TPSA) is 79.8 Å². The summed E-state index contributed by atoms with van der Waals surface area (Å²) in [6.45, 7) is 0. The second kappa shape index (κ2) is 4.45. The molecular weight excluding hydrogens is 214 g/mol. The van der Waals surface area contributed by atoms with Gasteiger partial charge >= 0.3 is 0 Å². The zero-order valence-electron chi connectivity index (χ0n) is 8.92. The highest BCUT2D eigenvalue weighted by atomic mass is 16.1. The first-order valence-electron chi connectivity index (χ1n) is 4.97. The van der Waals surface area contributed by atoms with E-state index in [1.165, 1.54) is 6.08 Å². The smallest absolute Gasteiger partial charge is 0.259 e. The zero-order chi connectivity index (χ0) is 12.3. The molecule has 2 aromatic rings. The summed E-state index contributed by atoms with van der Waals surface area (Å²) in [7, 11) is 0. The number of pyridine rings is 1. The third kappa shape index (κ3) is 2.29. The standard InChI is InChI=1S/C13H9N3O/c14-7-11(13(15)17)6-12-5-9-3-1-2-4-10(9)8-16-12/h1-6,8H,(H2,15,17). The molecule has 0 spiro atoms. The first-order chi connectivity index (χ1) is 8.20. The minimum absolute atomic E-state index is 0.104. The number of carbonyl (C=O) groups is 1. The lowest BCUT2D eigenvalue weighted by Gasteiger charge is -1.98. The van der Waals surface area contributed by atoms with Crippen molar-refractivity contribution in [3.8, 4) is 6.07 Å². The largest absolute Gasteiger partial charge is 0.365 e. The van der Waals surface area contributed by atoms with Gasteiger partial charge in [0.25, 0.3) is 5.91 Å². The Morgan fingerprint density at radius 2 is 2.06 bits per heavy atom. The van der Waals surface area contributed by atoms with E-state index in [0.717, 1.165) is 10.8 Å². The Bertz CT molecular complexity index is 653. The minimum Gasteiger partial charge on any atom is -0.365 e. The molecule has 82 valence electrons. The quantitative estimate of drug-likeness (QED) is 0.620. The molecule has 0 atom stereocenters. The van der Waals surface area contributed by atoms with Crippen molar-refractivity contribution in [2.45, 2.75) is 0 Å². The average Bonchev–Trinajstić information content (AvgIpc) is 2.35. The molecule has 4 heteroatoms. The molecule has 0 radical (unpaired) electrons. The molecule has 1 aromatic heterocycles. The van der Waals surface area contributed by atoms with Gasteiger partial charge in [0, 0.05) is 11.6 Å². The number of nitriles is 1. The average molecular weight is 223 g/mol. The van der Waals surface area contributed by atoms with Crippen LogP contribution in [-0.4, -0.2) is 10.9 Å². The maximum atomic E-state index is 10.9. The number of carbonyl (C=O) groups excluding carboxylic acids is 1. The Balaban J connectivity index is 2.51. The van der Waals surface area contributed by atoms with Crippen molar-refractivity contribution in [1.82, 2.24) is 4.98 Å². The molecule has 0 bridgehead atoms. The molecule has 1 amide bonds. The van der Waals surface area contributed by atoms with E-state index in [2.05, 4.69) is 4.98 Å². The fourth-order valence-electron chi connectivity index (χ4n) is 1.49. The maximum absolute atomic E-state index is 10.9. The third-order valence-electron chi connectivity index (χ3n) is 2.33. The lowest BCUT2D eigenvalue weighted by atomic mass is 10.1. The molecule has 4 nitrogen and oxygen atoms in total. The van der Waals surface area contributed by atoms with Gasteiger partial charge in [0.2, 0.25) is 0 Å². The van der Waals surface area contributed by atoms with Crippen LogP contribution in [0.2, 0.25) is 0 Å². The van der Waals surface area contributed by atoms with E-state index in [9.17, 15) is 4.79 Å². The maximum Gasteiger partial charge on any atom is 0.259 e. The lowest BCUT2D eigenvalue weighted by molar-refractivity contribution is -0.114. The van der Waals surface area contributed by atoms with E-state index in [1.807, 2.05) is 24.3 Å². The fourth-order valence-corrected chi connectivity index (χ4v) is 1.49. The molecule has 0 saturated carbocycles. The van der Waals surface area contributed by atoms with E-state index >= 15 is 0 Å². The second-order valence-electron chi connectivity index (χ2n) is 3.49. The summed E-state index contributed by atoms with van der Waals surface area (Å²) in [5, 5.41) is 10.7. The number of primary amides is 1. The van der Waals surface area contributed by atoms with Gasteiger partial charge in [0.1, 0.15) is 11.6 Å². The molecule has 17 heavy (non-hydrogen) atoms. The molecule has 2 rings (SSSR count). The number of fused-ring (bicyclic) bond motifs is 1. The zero-order valence-corrected chi connectivity index (χ0v) is 8.92. The van der Waals surface area contributed by atoms with Gasteiger partial charge in [0.15, 0.2) is 0 Å². The van der Waals surface area contributed by atoms with Gasteiger partial charge in [-0.3, -0.25) is 9.78 Å². The van der Waals surface area contributed by atoms with Crippen LogP contribution in [0.5, 0.6) is 0 Å². The summed E-state index contributed by atoms with van der Waals surface area (Å²) < 4.78 is 0. The van der Waals surface area contributed by atoms with Gasteiger partial charge < -0.3 is 5.73 Å². The van der Waals surface area contributed by atoms with E-state index < -0.39 is 5.91 Å². The normalized spacial score (nSPS) is 11.1. The predicted octanol–water partition coefficient (Wildman–Crippen LogP) is 1.63. The van der Waals surface area contributed by atoms with E-state index in [4.69, 9.17) is 11.0 Å². The van der Waals surface area contributed by atoms with Crippen LogP contribution in [0, 0.1) is 11.3 Å². The Labute approximate surface area is 98.0 Å². The first kappa shape index (κ1) is 10.8. The van der Waals surface area contributed by atoms with Gasteiger partial charge in [-0.15, -0.1) is 0 Å². The molecule has 1 aromatic carbocycles. The van der Waals surface area contributed by atoms with Gasteiger partial charge in [-0.25, -0.2) is 0 Å². The summed E-state index contributed by atoms with van der Waals surface area (Å²) in [6.07, 6.45) is 3.08. The Morgan fingerprint density at radius 1 is 1.35 bits per heavy atom. The number of benzene rings is 1. The number of nitrogens with zero attached hydrogens (tertiary/aromatic N) is 2. The summed E-state index contributed by atoms with van der Waals surface area (Å²) in [5.74, 6) is -0.748. The van der Waals surface area contributed by atoms with Crippen LogP contribution in [0.15, 0.2) is 42.1 Å². The van der Waals surface area contributed by atoms with Crippen molar-refractivity contribution >= 4 is 22.8 Å². The Morgan fingerprint density at radius 3 is 2.71 bits per heavy atom. The summed E-state index contributed by atoms with van der Waals surface area (Å²) in [6, 6.07) is 11.3. The second-order valence-corrected chi connectivity index (χ2v) is 3.49. The molecule has 1 heterocycles. The van der Waals surface area contributed by atoms with E-state index in [-0.39, 0.29) is 5.57 Å². The van der Waals surface area contributed by atoms with Crippen molar-refractivity contribution in [2.24, 2.45) is 5.73 Å². The number of hydrogen-bond donors (Lipinski definition) is 1. The van der Waals surface area contributed by atoms with Crippen LogP contribution in [0.3, 0.4) is 0 Å². The monoisotopic (exact) mass is 223 g/mol. The van der Waals surface area contributed by atoms with Crippen molar-refractivity contribution in [3.63, 3.8) is 0 Å². The molecule has 0 aliphatic heterocycles. The van der Waals surface area contributed by atoms with Crippen LogP contribution in [0.4, 0.5) is 0 Å². The van der Waals surface area contributed by atoms with Crippen LogP contribution >= 0.6 is 0 Å². The first-order valence-corrected chi connectivity index (χ1v) is 4.97. The SMILES string of the molecule is N#CC(=Cc1cc2ccccc2cn1)C(N)=O. The predicted molar refractivity (Wildman–Crippen MR) is 64.5 cm³/mol. The van der Waals surface area contributed by atoms with Crippen molar-refractivity contribution in [3.05, 3.63) is 47.8 Å². The Kier molecular flexibility index (Phi) is 2.84. The van der Waals surface area contributed by atoms with E-state index in [1.54, 1.807) is 18.3 Å². The highest BCUT2D eigenvalue weighted by Crippen LogP contribution is 2.14. The highest BCUT2D eigenvalue weighted by Gasteiger charge is 2.04.